The number of carbonyl (C=O) groups excluding carboxylic acids is 1. The fourth-order valence-electron chi connectivity index (χ4n) is 3.30. The first-order chi connectivity index (χ1) is 14.3. The number of fused-ring (bicyclic) bond motifs is 1. The van der Waals surface area contributed by atoms with Crippen LogP contribution in [-0.4, -0.2) is 21.3 Å². The maximum Gasteiger partial charge on any atom is 0.335 e. The van der Waals surface area contributed by atoms with Gasteiger partial charge in [-0.05, 0) is 42.0 Å². The number of aromatic carboxylic acids is 1. The summed E-state index contributed by atoms with van der Waals surface area (Å²) < 4.78 is 30.9. The minimum absolute atomic E-state index is 0.0392. The van der Waals surface area contributed by atoms with Gasteiger partial charge in [-0.3, -0.25) is 4.79 Å². The van der Waals surface area contributed by atoms with Crippen molar-refractivity contribution in [2.24, 2.45) is 0 Å². The Morgan fingerprint density at radius 3 is 2.30 bits per heavy atom. The van der Waals surface area contributed by atoms with Gasteiger partial charge in [0, 0.05) is 11.8 Å². The molecule has 0 saturated heterocycles. The van der Waals surface area contributed by atoms with Crippen molar-refractivity contribution >= 4 is 40.5 Å². The molecule has 4 nitrogen and oxygen atoms in total. The second kappa shape index (κ2) is 7.55. The highest BCUT2D eigenvalue weighted by Gasteiger charge is 2.29. The fourth-order valence-corrected chi connectivity index (χ4v) is 3.84. The van der Waals surface area contributed by atoms with Gasteiger partial charge in [0.25, 0.3) is 0 Å². The molecule has 1 N–H and O–H groups in total. The Hall–Kier alpha value is -3.22. The van der Waals surface area contributed by atoms with Gasteiger partial charge in [-0.1, -0.05) is 41.4 Å². The molecule has 2 aromatic carbocycles. The third kappa shape index (κ3) is 3.14. The van der Waals surface area contributed by atoms with Crippen LogP contribution >= 0.6 is 23.2 Å². The van der Waals surface area contributed by atoms with Crippen molar-refractivity contribution in [3.05, 3.63) is 99.3 Å². The molecule has 0 saturated carbocycles. The lowest BCUT2D eigenvalue weighted by Crippen LogP contribution is -2.09. The van der Waals surface area contributed by atoms with Crippen LogP contribution in [0.25, 0.3) is 16.6 Å². The van der Waals surface area contributed by atoms with Gasteiger partial charge in [-0.15, -0.1) is 0 Å². The predicted octanol–water partition coefficient (Wildman–Crippen LogP) is 6.12. The number of carbonyl (C=O) groups is 2. The summed E-state index contributed by atoms with van der Waals surface area (Å²) in [4.78, 5) is 24.3. The molecule has 0 atom stereocenters. The molecule has 0 amide bonds. The summed E-state index contributed by atoms with van der Waals surface area (Å²) in [7, 11) is 0. The molecule has 0 fully saturated rings. The molecule has 0 bridgehead atoms. The molecule has 0 aliphatic rings. The van der Waals surface area contributed by atoms with Crippen LogP contribution in [0, 0.1) is 11.6 Å². The molecule has 0 unspecified atom stereocenters. The number of benzene rings is 2. The second-order valence-corrected chi connectivity index (χ2v) is 7.21. The Labute approximate surface area is 178 Å². The number of hydrogen-bond acceptors (Lipinski definition) is 2. The summed E-state index contributed by atoms with van der Waals surface area (Å²) in [6.07, 6.45) is 1.49. The normalized spacial score (nSPS) is 11.1. The maximum absolute atomic E-state index is 15.6. The van der Waals surface area contributed by atoms with Gasteiger partial charge in [0.15, 0.2) is 5.82 Å². The zero-order valence-electron chi connectivity index (χ0n) is 15.0. The number of carboxylic acid groups (broad SMARTS) is 1. The van der Waals surface area contributed by atoms with E-state index in [1.54, 1.807) is 18.2 Å². The van der Waals surface area contributed by atoms with E-state index in [4.69, 9.17) is 28.3 Å². The Morgan fingerprint density at radius 2 is 1.63 bits per heavy atom. The molecule has 0 aliphatic heterocycles. The summed E-state index contributed by atoms with van der Waals surface area (Å²) >= 11 is 12.0. The first-order valence-electron chi connectivity index (χ1n) is 8.61. The topological polar surface area (TPSA) is 58.8 Å². The number of carboxylic acids is 1. The second-order valence-electron chi connectivity index (χ2n) is 6.42. The molecule has 4 rings (SSSR count). The lowest BCUT2D eigenvalue weighted by molar-refractivity contribution is 0.0696. The van der Waals surface area contributed by atoms with Crippen LogP contribution in [0.3, 0.4) is 0 Å². The van der Waals surface area contributed by atoms with E-state index in [0.29, 0.717) is 11.1 Å². The number of ketones is 1. The summed E-state index contributed by atoms with van der Waals surface area (Å²) in [6, 6.07) is 12.6. The van der Waals surface area contributed by atoms with E-state index in [-0.39, 0.29) is 27.4 Å². The van der Waals surface area contributed by atoms with Crippen molar-refractivity contribution in [3.8, 4) is 11.1 Å². The summed E-state index contributed by atoms with van der Waals surface area (Å²) in [5.41, 5.74) is 0.171. The molecule has 0 spiro atoms. The maximum atomic E-state index is 15.6. The van der Waals surface area contributed by atoms with Crippen molar-refractivity contribution in [2.75, 3.05) is 0 Å². The van der Waals surface area contributed by atoms with Crippen LogP contribution in [0.5, 0.6) is 0 Å². The zero-order chi connectivity index (χ0) is 21.6. The molecule has 4 aromatic rings. The van der Waals surface area contributed by atoms with Crippen molar-refractivity contribution < 1.29 is 23.5 Å². The fraction of sp³-hybridized carbons (Fsp3) is 0. The van der Waals surface area contributed by atoms with Crippen LogP contribution in [0.4, 0.5) is 8.78 Å². The van der Waals surface area contributed by atoms with E-state index >= 15 is 4.39 Å². The first kappa shape index (κ1) is 20.1. The largest absolute Gasteiger partial charge is 0.478 e. The van der Waals surface area contributed by atoms with E-state index in [2.05, 4.69) is 0 Å². The Balaban J connectivity index is 1.97. The van der Waals surface area contributed by atoms with Gasteiger partial charge in [0.05, 0.1) is 26.7 Å². The average Bonchev–Trinajstić information content (AvgIpc) is 3.02. The number of hydrogen-bond donors (Lipinski definition) is 1. The SMILES string of the molecule is O=C(O)c1ccc(-c2c(F)c(C(=O)c3c(Cl)ccc(F)c3Cl)n3ccccc23)cc1. The lowest BCUT2D eigenvalue weighted by atomic mass is 10.0. The standard InChI is InChI=1S/C22H11Cl2F2NO3/c23-13-8-9-14(25)18(24)17(13)21(28)20-19(26)16(15-3-1-2-10-27(15)20)11-4-6-12(7-5-11)22(29)30/h1-10H,(H,29,30). The van der Waals surface area contributed by atoms with Crippen LogP contribution < -0.4 is 0 Å². The van der Waals surface area contributed by atoms with Gasteiger partial charge in [0.2, 0.25) is 5.78 Å². The van der Waals surface area contributed by atoms with Crippen LogP contribution in [0.2, 0.25) is 10.0 Å². The summed E-state index contributed by atoms with van der Waals surface area (Å²) in [6.45, 7) is 0. The van der Waals surface area contributed by atoms with E-state index < -0.39 is 28.4 Å². The highest BCUT2D eigenvalue weighted by molar-refractivity contribution is 6.41. The monoisotopic (exact) mass is 445 g/mol. The van der Waals surface area contributed by atoms with E-state index in [1.165, 1.54) is 40.9 Å². The number of pyridine rings is 1. The van der Waals surface area contributed by atoms with E-state index in [1.807, 2.05) is 0 Å². The van der Waals surface area contributed by atoms with E-state index in [0.717, 1.165) is 6.07 Å². The third-order valence-electron chi connectivity index (χ3n) is 4.69. The predicted molar refractivity (Wildman–Crippen MR) is 110 cm³/mol. The number of aromatic nitrogens is 1. The van der Waals surface area contributed by atoms with E-state index in [9.17, 15) is 14.0 Å². The van der Waals surface area contributed by atoms with Gasteiger partial charge < -0.3 is 9.51 Å². The quantitative estimate of drug-likeness (QED) is 0.304. The van der Waals surface area contributed by atoms with Gasteiger partial charge >= 0.3 is 5.97 Å². The van der Waals surface area contributed by atoms with Crippen molar-refractivity contribution in [1.29, 1.82) is 0 Å². The minimum Gasteiger partial charge on any atom is -0.478 e. The molecule has 30 heavy (non-hydrogen) atoms. The van der Waals surface area contributed by atoms with Crippen molar-refractivity contribution in [2.45, 2.75) is 0 Å². The minimum atomic E-state index is -1.12. The molecule has 0 radical (unpaired) electrons. The smallest absolute Gasteiger partial charge is 0.335 e. The zero-order valence-corrected chi connectivity index (χ0v) is 16.5. The molecular weight excluding hydrogens is 435 g/mol. The summed E-state index contributed by atoms with van der Waals surface area (Å²) in [5.74, 6) is -3.70. The number of nitrogens with zero attached hydrogens (tertiary/aromatic N) is 1. The third-order valence-corrected chi connectivity index (χ3v) is 5.38. The number of rotatable bonds is 4. The highest BCUT2D eigenvalue weighted by Crippen LogP contribution is 2.36. The molecular formula is C22H11Cl2F2NO3. The molecule has 8 heteroatoms. The number of halogens is 4. The van der Waals surface area contributed by atoms with Crippen LogP contribution in [0.1, 0.15) is 26.4 Å². The average molecular weight is 446 g/mol. The first-order valence-corrected chi connectivity index (χ1v) is 9.37. The highest BCUT2D eigenvalue weighted by atomic mass is 35.5. The molecule has 2 heterocycles. The van der Waals surface area contributed by atoms with Gasteiger partial charge in [-0.2, -0.15) is 0 Å². The lowest BCUT2D eigenvalue weighted by Gasteiger charge is -2.07. The molecule has 0 aliphatic carbocycles. The Morgan fingerprint density at radius 1 is 0.933 bits per heavy atom. The Kier molecular flexibility index (Phi) is 5.05. The van der Waals surface area contributed by atoms with Gasteiger partial charge in [0.1, 0.15) is 11.5 Å². The van der Waals surface area contributed by atoms with Crippen LogP contribution in [-0.2, 0) is 0 Å². The molecule has 2 aromatic heterocycles. The van der Waals surface area contributed by atoms with Crippen LogP contribution in [0.15, 0.2) is 60.8 Å². The van der Waals surface area contributed by atoms with Crippen molar-refractivity contribution in [1.82, 2.24) is 4.40 Å². The van der Waals surface area contributed by atoms with Gasteiger partial charge in [-0.25, -0.2) is 13.6 Å². The summed E-state index contributed by atoms with van der Waals surface area (Å²) in [5, 5.41) is 8.47. The van der Waals surface area contributed by atoms with Crippen molar-refractivity contribution in [3.63, 3.8) is 0 Å². The Bertz CT molecular complexity index is 1330. The molecule has 150 valence electrons.